The van der Waals surface area contributed by atoms with Crippen LogP contribution in [0, 0.1) is 5.92 Å². The lowest BCUT2D eigenvalue weighted by Crippen LogP contribution is -2.49. The number of carbonyl (C=O) groups is 3. The van der Waals surface area contributed by atoms with E-state index in [1.807, 2.05) is 6.92 Å². The average Bonchev–Trinajstić information content (AvgIpc) is 2.52. The molecule has 1 aliphatic heterocycles. The van der Waals surface area contributed by atoms with Gasteiger partial charge in [0.05, 0.1) is 0 Å². The quantitative estimate of drug-likeness (QED) is 0.836. The minimum Gasteiger partial charge on any atom is -0.484 e. The van der Waals surface area contributed by atoms with E-state index in [0.717, 1.165) is 6.42 Å². The summed E-state index contributed by atoms with van der Waals surface area (Å²) in [5.74, 6) is -1.18. The van der Waals surface area contributed by atoms with Gasteiger partial charge < -0.3 is 20.5 Å². The first kappa shape index (κ1) is 16.8. The summed E-state index contributed by atoms with van der Waals surface area (Å²) in [5, 5.41) is 9.33. The topological polar surface area (TPSA) is 110 Å². The lowest BCUT2D eigenvalue weighted by atomic mass is 9.92. The summed E-state index contributed by atoms with van der Waals surface area (Å²) in [7, 11) is 0. The predicted octanol–water partition coefficient (Wildman–Crippen LogP) is 0.876. The molecule has 1 aromatic carbocycles. The van der Waals surface area contributed by atoms with E-state index in [0.29, 0.717) is 24.3 Å². The van der Waals surface area contributed by atoms with Gasteiger partial charge in [-0.15, -0.1) is 0 Å². The van der Waals surface area contributed by atoms with Crippen LogP contribution in [-0.2, 0) is 9.59 Å². The molecule has 0 spiro atoms. The van der Waals surface area contributed by atoms with Crippen molar-refractivity contribution in [2.24, 2.45) is 11.7 Å². The molecule has 0 radical (unpaired) electrons. The van der Waals surface area contributed by atoms with Crippen LogP contribution in [0.3, 0.4) is 0 Å². The molecule has 1 saturated heterocycles. The van der Waals surface area contributed by atoms with E-state index in [1.165, 1.54) is 4.90 Å². The number of nitrogens with zero attached hydrogens (tertiary/aromatic N) is 1. The minimum absolute atomic E-state index is 0.238. The monoisotopic (exact) mass is 320 g/mol. The highest BCUT2D eigenvalue weighted by Crippen LogP contribution is 2.25. The summed E-state index contributed by atoms with van der Waals surface area (Å²) in [5.41, 5.74) is 5.38. The van der Waals surface area contributed by atoms with Crippen LogP contribution in [0.1, 0.15) is 30.1 Å². The van der Waals surface area contributed by atoms with Gasteiger partial charge in [0.1, 0.15) is 11.8 Å². The lowest BCUT2D eigenvalue weighted by Gasteiger charge is -2.36. The van der Waals surface area contributed by atoms with E-state index >= 15 is 0 Å². The van der Waals surface area contributed by atoms with E-state index in [9.17, 15) is 19.5 Å². The van der Waals surface area contributed by atoms with Crippen LogP contribution in [0.2, 0.25) is 0 Å². The summed E-state index contributed by atoms with van der Waals surface area (Å²) in [6, 6.07) is 5.42. The predicted molar refractivity (Wildman–Crippen MR) is 82.0 cm³/mol. The Morgan fingerprint density at radius 1 is 1.30 bits per heavy atom. The molecule has 1 aliphatic rings. The number of primary amides is 1. The number of hydrogen-bond donors (Lipinski definition) is 2. The normalized spacial score (nSPS) is 20.8. The fourth-order valence-corrected chi connectivity index (χ4v) is 2.63. The fourth-order valence-electron chi connectivity index (χ4n) is 2.63. The number of likely N-dealkylation sites (tertiary alicyclic amines) is 1. The van der Waals surface area contributed by atoms with Gasteiger partial charge in [0.15, 0.2) is 6.61 Å². The zero-order valence-corrected chi connectivity index (χ0v) is 12.9. The van der Waals surface area contributed by atoms with Crippen molar-refractivity contribution in [2.45, 2.75) is 25.8 Å². The molecule has 0 bridgehead atoms. The van der Waals surface area contributed by atoms with Crippen LogP contribution in [0.4, 0.5) is 0 Å². The van der Waals surface area contributed by atoms with Gasteiger partial charge in [-0.2, -0.15) is 0 Å². The first-order valence-electron chi connectivity index (χ1n) is 7.43. The summed E-state index contributed by atoms with van der Waals surface area (Å²) in [6.07, 6.45) is 1.25. The van der Waals surface area contributed by atoms with Gasteiger partial charge >= 0.3 is 5.97 Å². The van der Waals surface area contributed by atoms with Gasteiger partial charge in [-0.3, -0.25) is 9.59 Å². The molecule has 2 unspecified atom stereocenters. The van der Waals surface area contributed by atoms with Crippen LogP contribution >= 0.6 is 0 Å². The average molecular weight is 320 g/mol. The summed E-state index contributed by atoms with van der Waals surface area (Å²) < 4.78 is 5.13. The molecule has 2 amide bonds. The molecule has 0 aromatic heterocycles. The third-order valence-corrected chi connectivity index (χ3v) is 3.89. The molecular weight excluding hydrogens is 300 g/mol. The third-order valence-electron chi connectivity index (χ3n) is 3.89. The number of carbonyl (C=O) groups excluding carboxylic acids is 2. The maximum absolute atomic E-state index is 12.5. The molecule has 1 aromatic rings. The zero-order chi connectivity index (χ0) is 17.0. The van der Waals surface area contributed by atoms with Gasteiger partial charge in [-0.25, -0.2) is 4.79 Å². The third kappa shape index (κ3) is 4.21. The summed E-state index contributed by atoms with van der Waals surface area (Å²) in [4.78, 5) is 36.0. The van der Waals surface area contributed by atoms with Gasteiger partial charge in [0.2, 0.25) is 0 Å². The Morgan fingerprint density at radius 2 is 1.96 bits per heavy atom. The van der Waals surface area contributed by atoms with Crippen molar-refractivity contribution in [3.05, 3.63) is 29.8 Å². The molecule has 23 heavy (non-hydrogen) atoms. The van der Waals surface area contributed by atoms with Crippen LogP contribution in [-0.4, -0.2) is 47.0 Å². The second-order valence-electron chi connectivity index (χ2n) is 5.76. The first-order chi connectivity index (χ1) is 10.9. The Morgan fingerprint density at radius 3 is 2.52 bits per heavy atom. The van der Waals surface area contributed by atoms with E-state index < -0.39 is 17.9 Å². The fraction of sp³-hybridized carbons (Fsp3) is 0.438. The van der Waals surface area contributed by atoms with Gasteiger partial charge in [0, 0.05) is 12.1 Å². The summed E-state index contributed by atoms with van der Waals surface area (Å²) >= 11 is 0. The SMILES string of the molecule is CC1CCN(C(=O)c2ccc(OCC(N)=O)cc2)C(C(=O)O)C1. The highest BCUT2D eigenvalue weighted by atomic mass is 16.5. The molecular formula is C16H20N2O5. The molecule has 1 heterocycles. The van der Waals surface area contributed by atoms with E-state index in [2.05, 4.69) is 0 Å². The number of hydrogen-bond acceptors (Lipinski definition) is 4. The number of ether oxygens (including phenoxy) is 1. The Balaban J connectivity index is 2.09. The van der Waals surface area contributed by atoms with Gasteiger partial charge in [-0.1, -0.05) is 6.92 Å². The smallest absolute Gasteiger partial charge is 0.326 e. The van der Waals surface area contributed by atoms with Crippen LogP contribution < -0.4 is 10.5 Å². The van der Waals surface area contributed by atoms with E-state index in [1.54, 1.807) is 24.3 Å². The number of rotatable bonds is 5. The Hall–Kier alpha value is -2.57. The zero-order valence-electron chi connectivity index (χ0n) is 12.9. The van der Waals surface area contributed by atoms with E-state index in [-0.39, 0.29) is 18.4 Å². The van der Waals surface area contributed by atoms with Crippen LogP contribution in [0.15, 0.2) is 24.3 Å². The van der Waals surface area contributed by atoms with Crippen molar-refractivity contribution in [2.75, 3.05) is 13.2 Å². The lowest BCUT2D eigenvalue weighted by molar-refractivity contribution is -0.144. The number of benzene rings is 1. The molecule has 7 nitrogen and oxygen atoms in total. The Bertz CT molecular complexity index is 599. The number of aliphatic carboxylic acids is 1. The highest BCUT2D eigenvalue weighted by Gasteiger charge is 2.35. The van der Waals surface area contributed by atoms with Crippen molar-refractivity contribution in [1.29, 1.82) is 0 Å². The molecule has 0 saturated carbocycles. The van der Waals surface area contributed by atoms with Gasteiger partial charge in [-0.05, 0) is 43.0 Å². The number of carboxylic acid groups (broad SMARTS) is 1. The maximum atomic E-state index is 12.5. The van der Waals surface area contributed by atoms with Crippen molar-refractivity contribution in [3.63, 3.8) is 0 Å². The standard InChI is InChI=1S/C16H20N2O5/c1-10-6-7-18(13(8-10)16(21)22)15(20)11-2-4-12(5-3-11)23-9-14(17)19/h2-5,10,13H,6-9H2,1H3,(H2,17,19)(H,21,22). The van der Waals surface area contributed by atoms with Crippen molar-refractivity contribution in [1.82, 2.24) is 4.90 Å². The van der Waals surface area contributed by atoms with Crippen molar-refractivity contribution < 1.29 is 24.2 Å². The largest absolute Gasteiger partial charge is 0.484 e. The number of nitrogens with two attached hydrogens (primary N) is 1. The van der Waals surface area contributed by atoms with Crippen LogP contribution in [0.5, 0.6) is 5.75 Å². The molecule has 124 valence electrons. The molecule has 1 fully saturated rings. The van der Waals surface area contributed by atoms with Crippen molar-refractivity contribution >= 4 is 17.8 Å². The molecule has 0 aliphatic carbocycles. The first-order valence-corrected chi connectivity index (χ1v) is 7.43. The Kier molecular flexibility index (Phi) is 5.20. The highest BCUT2D eigenvalue weighted by molar-refractivity contribution is 5.96. The Labute approximate surface area is 134 Å². The maximum Gasteiger partial charge on any atom is 0.326 e. The van der Waals surface area contributed by atoms with Crippen molar-refractivity contribution in [3.8, 4) is 5.75 Å². The molecule has 3 N–H and O–H groups in total. The minimum atomic E-state index is -0.980. The van der Waals surface area contributed by atoms with Gasteiger partial charge in [0.25, 0.3) is 11.8 Å². The molecule has 2 atom stereocenters. The number of piperidine rings is 1. The number of carboxylic acids is 1. The van der Waals surface area contributed by atoms with E-state index in [4.69, 9.17) is 10.5 Å². The second-order valence-corrected chi connectivity index (χ2v) is 5.76. The number of amides is 2. The van der Waals surface area contributed by atoms with Crippen LogP contribution in [0.25, 0.3) is 0 Å². The molecule has 7 heteroatoms. The second kappa shape index (κ2) is 7.13. The summed E-state index contributed by atoms with van der Waals surface area (Å²) in [6.45, 7) is 2.18. The molecule has 2 rings (SSSR count).